The third-order valence-electron chi connectivity index (χ3n) is 4.10. The summed E-state index contributed by atoms with van der Waals surface area (Å²) in [4.78, 5) is 38.5. The molecule has 0 rings (SSSR count). The van der Waals surface area contributed by atoms with E-state index in [1.165, 1.54) is 0 Å². The van der Waals surface area contributed by atoms with Gasteiger partial charge in [-0.1, -0.05) is 20.8 Å². The van der Waals surface area contributed by atoms with Crippen LogP contribution >= 0.6 is 0 Å². The number of carboxylic acid groups (broad SMARTS) is 3. The van der Waals surface area contributed by atoms with Crippen LogP contribution < -0.4 is 0 Å². The molecule has 158 valence electrons. The van der Waals surface area contributed by atoms with E-state index in [1.807, 2.05) is 11.8 Å². The van der Waals surface area contributed by atoms with Crippen LogP contribution in [0.4, 0.5) is 0 Å². The maximum atomic E-state index is 11.1. The van der Waals surface area contributed by atoms with Gasteiger partial charge in [-0.05, 0) is 31.8 Å². The molecule has 0 fully saturated rings. The van der Waals surface area contributed by atoms with Crippen molar-refractivity contribution in [1.29, 1.82) is 0 Å². The summed E-state index contributed by atoms with van der Waals surface area (Å²) in [5.41, 5.74) is 0. The van der Waals surface area contributed by atoms with Gasteiger partial charge in [0.2, 0.25) is 0 Å². The normalized spacial score (nSPS) is 11.7. The van der Waals surface area contributed by atoms with Gasteiger partial charge in [0.25, 0.3) is 0 Å². The van der Waals surface area contributed by atoms with Crippen molar-refractivity contribution in [3.63, 3.8) is 0 Å². The van der Waals surface area contributed by atoms with Gasteiger partial charge in [0.15, 0.2) is 0 Å². The highest BCUT2D eigenvalue weighted by molar-refractivity contribution is 5.69. The molecule has 9 nitrogen and oxygen atoms in total. The van der Waals surface area contributed by atoms with E-state index in [2.05, 4.69) is 13.8 Å². The first-order valence-corrected chi connectivity index (χ1v) is 9.46. The third kappa shape index (κ3) is 15.1. The molecule has 0 aliphatic carbocycles. The van der Waals surface area contributed by atoms with Crippen LogP contribution in [0.15, 0.2) is 0 Å². The van der Waals surface area contributed by atoms with Crippen molar-refractivity contribution in [2.75, 3.05) is 58.9 Å². The van der Waals surface area contributed by atoms with Crippen LogP contribution in [0.3, 0.4) is 0 Å². The monoisotopic (exact) mass is 389 g/mol. The molecule has 0 bridgehead atoms. The smallest absolute Gasteiger partial charge is 0.317 e. The summed E-state index contributed by atoms with van der Waals surface area (Å²) in [5, 5.41) is 27.2. The van der Waals surface area contributed by atoms with Crippen molar-refractivity contribution < 1.29 is 29.7 Å². The van der Waals surface area contributed by atoms with Crippen LogP contribution in [0.2, 0.25) is 0 Å². The Bertz CT molecular complexity index is 458. The molecule has 0 unspecified atom stereocenters. The molecule has 0 aliphatic rings. The molecule has 0 amide bonds. The molecule has 0 saturated heterocycles. The van der Waals surface area contributed by atoms with Crippen LogP contribution in [0.5, 0.6) is 0 Å². The fourth-order valence-corrected chi connectivity index (χ4v) is 2.71. The van der Waals surface area contributed by atoms with Gasteiger partial charge in [-0.25, -0.2) is 0 Å². The van der Waals surface area contributed by atoms with E-state index in [0.29, 0.717) is 45.2 Å². The summed E-state index contributed by atoms with van der Waals surface area (Å²) in [5.74, 6) is -2.31. The summed E-state index contributed by atoms with van der Waals surface area (Å²) in [6.45, 7) is 8.83. The second-order valence-corrected chi connectivity index (χ2v) is 7.19. The minimum Gasteiger partial charge on any atom is -0.480 e. The van der Waals surface area contributed by atoms with E-state index in [9.17, 15) is 14.4 Å². The highest BCUT2D eigenvalue weighted by Gasteiger charge is 2.16. The van der Waals surface area contributed by atoms with Gasteiger partial charge >= 0.3 is 17.9 Å². The Morgan fingerprint density at radius 3 is 1.30 bits per heavy atom. The Balaban J connectivity index is 4.72. The van der Waals surface area contributed by atoms with E-state index in [4.69, 9.17) is 15.3 Å². The third-order valence-corrected chi connectivity index (χ3v) is 4.10. The molecule has 0 aromatic rings. The summed E-state index contributed by atoms with van der Waals surface area (Å²) in [7, 11) is 0. The second-order valence-electron chi connectivity index (χ2n) is 7.19. The summed E-state index contributed by atoms with van der Waals surface area (Å²) in [6, 6.07) is 0. The van der Waals surface area contributed by atoms with Gasteiger partial charge in [0.05, 0.1) is 19.6 Å². The lowest BCUT2D eigenvalue weighted by Crippen LogP contribution is -2.44. The fraction of sp³-hybridized carbons (Fsp3) is 0.833. The molecule has 0 atom stereocenters. The first-order valence-electron chi connectivity index (χ1n) is 9.46. The van der Waals surface area contributed by atoms with Crippen molar-refractivity contribution >= 4 is 17.9 Å². The molecule has 0 radical (unpaired) electrons. The summed E-state index contributed by atoms with van der Waals surface area (Å²) in [6.07, 6.45) is 1.68. The predicted octanol–water partition coefficient (Wildman–Crippen LogP) is 0.602. The Hall–Kier alpha value is -1.71. The number of aliphatic carboxylic acids is 3. The zero-order valence-corrected chi connectivity index (χ0v) is 16.8. The molecule has 0 aromatic heterocycles. The van der Waals surface area contributed by atoms with Crippen molar-refractivity contribution in [1.82, 2.24) is 14.7 Å². The SMILES string of the molecule is CCCN(CCN(CCN(CCC(C)C)CC(=O)O)CC(=O)O)CC(=O)O. The molecule has 9 heteroatoms. The quantitative estimate of drug-likeness (QED) is 0.328. The van der Waals surface area contributed by atoms with Gasteiger partial charge in [-0.15, -0.1) is 0 Å². The molecule has 27 heavy (non-hydrogen) atoms. The van der Waals surface area contributed by atoms with Gasteiger partial charge in [-0.3, -0.25) is 29.1 Å². The fourth-order valence-electron chi connectivity index (χ4n) is 2.71. The van der Waals surface area contributed by atoms with Gasteiger partial charge in [-0.2, -0.15) is 0 Å². The largest absolute Gasteiger partial charge is 0.480 e. The first kappa shape index (κ1) is 25.3. The van der Waals surface area contributed by atoms with Crippen LogP contribution in [-0.4, -0.2) is 107 Å². The van der Waals surface area contributed by atoms with E-state index in [-0.39, 0.29) is 19.6 Å². The minimum absolute atomic E-state index is 0.0748. The maximum Gasteiger partial charge on any atom is 0.317 e. The summed E-state index contributed by atoms with van der Waals surface area (Å²) >= 11 is 0. The van der Waals surface area contributed by atoms with E-state index in [0.717, 1.165) is 12.8 Å². The molecule has 0 spiro atoms. The topological polar surface area (TPSA) is 122 Å². The van der Waals surface area contributed by atoms with Gasteiger partial charge < -0.3 is 15.3 Å². The van der Waals surface area contributed by atoms with Gasteiger partial charge in [0.1, 0.15) is 0 Å². The highest BCUT2D eigenvalue weighted by atomic mass is 16.4. The van der Waals surface area contributed by atoms with Crippen molar-refractivity contribution in [3.8, 4) is 0 Å². The number of nitrogens with zero attached hydrogens (tertiary/aromatic N) is 3. The molecular formula is C18H35N3O6. The van der Waals surface area contributed by atoms with E-state index >= 15 is 0 Å². The molecule has 0 aromatic carbocycles. The number of hydrogen-bond acceptors (Lipinski definition) is 6. The van der Waals surface area contributed by atoms with E-state index in [1.54, 1.807) is 9.80 Å². The predicted molar refractivity (Wildman–Crippen MR) is 102 cm³/mol. The standard InChI is InChI=1S/C18H35N3O6/c1-4-6-19(12-16(22)23)8-10-21(14-18(26)27)11-9-20(13-17(24)25)7-5-15(2)3/h15H,4-14H2,1-3H3,(H,22,23)(H,24,25)(H,26,27). The van der Waals surface area contributed by atoms with Crippen LogP contribution in [0.1, 0.15) is 33.6 Å². The average molecular weight is 389 g/mol. The Morgan fingerprint density at radius 1 is 0.667 bits per heavy atom. The van der Waals surface area contributed by atoms with Crippen LogP contribution in [0, 0.1) is 5.92 Å². The zero-order chi connectivity index (χ0) is 20.8. The van der Waals surface area contributed by atoms with Crippen LogP contribution in [0.25, 0.3) is 0 Å². The van der Waals surface area contributed by atoms with Crippen molar-refractivity contribution in [2.45, 2.75) is 33.6 Å². The van der Waals surface area contributed by atoms with Crippen molar-refractivity contribution in [2.24, 2.45) is 5.92 Å². The highest BCUT2D eigenvalue weighted by Crippen LogP contribution is 2.03. The Kier molecular flexibility index (Phi) is 13.5. The van der Waals surface area contributed by atoms with E-state index < -0.39 is 17.9 Å². The lowest BCUT2D eigenvalue weighted by molar-refractivity contribution is -0.140. The summed E-state index contributed by atoms with van der Waals surface area (Å²) < 4.78 is 0. The first-order chi connectivity index (χ1) is 12.6. The number of rotatable bonds is 17. The van der Waals surface area contributed by atoms with Crippen molar-refractivity contribution in [3.05, 3.63) is 0 Å². The maximum absolute atomic E-state index is 11.1. The second kappa shape index (κ2) is 14.4. The molecule has 0 aliphatic heterocycles. The number of hydrogen-bond donors (Lipinski definition) is 3. The molecular weight excluding hydrogens is 354 g/mol. The lowest BCUT2D eigenvalue weighted by atomic mass is 10.1. The zero-order valence-electron chi connectivity index (χ0n) is 16.8. The molecule has 0 saturated carbocycles. The molecule has 0 heterocycles. The molecule has 3 N–H and O–H groups in total. The van der Waals surface area contributed by atoms with Crippen LogP contribution in [-0.2, 0) is 14.4 Å². The Labute approximate surface area is 161 Å². The number of carbonyl (C=O) groups is 3. The minimum atomic E-state index is -0.956. The average Bonchev–Trinajstić information content (AvgIpc) is 2.53. The Morgan fingerprint density at radius 2 is 1.00 bits per heavy atom. The number of carboxylic acids is 3. The lowest BCUT2D eigenvalue weighted by Gasteiger charge is -2.28. The van der Waals surface area contributed by atoms with Gasteiger partial charge in [0, 0.05) is 26.2 Å².